The maximum Gasteiger partial charge on any atom is 0.334 e. The highest BCUT2D eigenvalue weighted by atomic mass is 19.1. The van der Waals surface area contributed by atoms with E-state index in [0.717, 1.165) is 11.0 Å². The lowest BCUT2D eigenvalue weighted by Gasteiger charge is -2.09. The second-order valence-electron chi connectivity index (χ2n) is 4.49. The second kappa shape index (κ2) is 5.62. The zero-order valence-corrected chi connectivity index (χ0v) is 11.1. The number of aromatic nitrogens is 2. The molecule has 0 unspecified atom stereocenters. The maximum absolute atomic E-state index is 13.4. The number of benzene rings is 2. The fraction of sp³-hybridized carbons (Fsp3) is 0.0667. The Hall–Kier alpha value is -2.89. The number of carbonyl (C=O) groups is 1. The van der Waals surface area contributed by atoms with Crippen LogP contribution in [-0.4, -0.2) is 15.7 Å². The van der Waals surface area contributed by atoms with Gasteiger partial charge < -0.3 is 5.32 Å². The van der Waals surface area contributed by atoms with Gasteiger partial charge in [0.15, 0.2) is 0 Å². The summed E-state index contributed by atoms with van der Waals surface area (Å²) >= 11 is 0. The van der Waals surface area contributed by atoms with Crippen molar-refractivity contribution < 1.29 is 9.18 Å². The van der Waals surface area contributed by atoms with Gasteiger partial charge >= 0.3 is 6.03 Å². The van der Waals surface area contributed by atoms with Gasteiger partial charge in [0, 0.05) is 12.1 Å². The van der Waals surface area contributed by atoms with Gasteiger partial charge in [-0.25, -0.2) is 24.3 Å². The minimum absolute atomic E-state index is 0.116. The summed E-state index contributed by atoms with van der Waals surface area (Å²) in [4.78, 5) is 16.0. The van der Waals surface area contributed by atoms with Crippen LogP contribution in [0.3, 0.4) is 0 Å². The van der Waals surface area contributed by atoms with Crippen molar-refractivity contribution in [2.45, 2.75) is 6.54 Å². The number of imidazole rings is 1. The topological polar surface area (TPSA) is 59.0 Å². The van der Waals surface area contributed by atoms with Crippen LogP contribution >= 0.6 is 0 Å². The zero-order valence-electron chi connectivity index (χ0n) is 11.1. The van der Waals surface area contributed by atoms with E-state index in [1.807, 2.05) is 24.3 Å². The number of fused-ring (bicyclic) bond motifs is 1. The first kappa shape index (κ1) is 13.1. The number of rotatable bonds is 3. The molecule has 0 saturated heterocycles. The average molecular weight is 284 g/mol. The Bertz CT molecular complexity index is 784. The summed E-state index contributed by atoms with van der Waals surface area (Å²) in [7, 11) is 0. The van der Waals surface area contributed by atoms with Crippen LogP contribution in [0, 0.1) is 5.82 Å². The first-order chi connectivity index (χ1) is 10.2. The molecule has 6 heteroatoms. The number of hydrogen-bond donors (Lipinski definition) is 2. The standard InChI is InChI=1S/C15H13FN4O/c16-12-6-2-1-5-11(12)9-17-15(21)19-20-10-18-13-7-3-4-8-14(13)20/h1-8,10H,9H2,(H2,17,19,21). The molecule has 0 spiro atoms. The van der Waals surface area contributed by atoms with Crippen LogP contribution in [0.2, 0.25) is 0 Å². The number of nitrogens with one attached hydrogen (secondary N) is 2. The summed E-state index contributed by atoms with van der Waals surface area (Å²) in [6.45, 7) is 0.116. The minimum Gasteiger partial charge on any atom is -0.333 e. The molecule has 0 aliphatic carbocycles. The van der Waals surface area contributed by atoms with E-state index in [9.17, 15) is 9.18 Å². The monoisotopic (exact) mass is 284 g/mol. The number of para-hydroxylation sites is 2. The van der Waals surface area contributed by atoms with E-state index in [1.54, 1.807) is 18.2 Å². The van der Waals surface area contributed by atoms with Crippen molar-refractivity contribution in [2.24, 2.45) is 0 Å². The van der Waals surface area contributed by atoms with Gasteiger partial charge in [0.25, 0.3) is 0 Å². The lowest BCUT2D eigenvalue weighted by molar-refractivity contribution is 0.249. The van der Waals surface area contributed by atoms with Crippen molar-refractivity contribution in [3.8, 4) is 0 Å². The zero-order chi connectivity index (χ0) is 14.7. The Labute approximate surface area is 120 Å². The van der Waals surface area contributed by atoms with Gasteiger partial charge in [-0.05, 0) is 18.2 Å². The molecular formula is C15H13FN4O. The molecule has 0 bridgehead atoms. The van der Waals surface area contributed by atoms with E-state index in [4.69, 9.17) is 0 Å². The third kappa shape index (κ3) is 2.84. The van der Waals surface area contributed by atoms with Gasteiger partial charge in [-0.3, -0.25) is 0 Å². The quantitative estimate of drug-likeness (QED) is 0.776. The van der Waals surface area contributed by atoms with Crippen LogP contribution in [0.1, 0.15) is 5.56 Å². The van der Waals surface area contributed by atoms with Crippen molar-refractivity contribution >= 4 is 17.1 Å². The minimum atomic E-state index is -0.429. The molecular weight excluding hydrogens is 271 g/mol. The number of amides is 2. The van der Waals surface area contributed by atoms with Crippen molar-refractivity contribution in [2.75, 3.05) is 5.43 Å². The fourth-order valence-corrected chi connectivity index (χ4v) is 2.01. The van der Waals surface area contributed by atoms with E-state index in [0.29, 0.717) is 5.56 Å². The van der Waals surface area contributed by atoms with Gasteiger partial charge in [0.2, 0.25) is 0 Å². The molecule has 0 saturated carbocycles. The molecule has 0 aliphatic heterocycles. The predicted molar refractivity (Wildman–Crippen MR) is 77.7 cm³/mol. The summed E-state index contributed by atoms with van der Waals surface area (Å²) in [5, 5.41) is 2.60. The molecule has 5 nitrogen and oxygen atoms in total. The molecule has 0 aliphatic rings. The Morgan fingerprint density at radius 3 is 2.76 bits per heavy atom. The van der Waals surface area contributed by atoms with Crippen LogP contribution in [0.15, 0.2) is 54.9 Å². The first-order valence-electron chi connectivity index (χ1n) is 6.44. The average Bonchev–Trinajstić information content (AvgIpc) is 2.90. The molecule has 2 N–H and O–H groups in total. The summed E-state index contributed by atoms with van der Waals surface area (Å²) in [5.41, 5.74) is 4.64. The van der Waals surface area contributed by atoms with E-state index in [1.165, 1.54) is 17.1 Å². The van der Waals surface area contributed by atoms with Crippen LogP contribution in [-0.2, 0) is 6.54 Å². The summed E-state index contributed by atoms with van der Waals surface area (Å²) < 4.78 is 15.0. The van der Waals surface area contributed by atoms with Crippen LogP contribution in [0.25, 0.3) is 11.0 Å². The number of carbonyl (C=O) groups excluding carboxylic acids is 1. The fourth-order valence-electron chi connectivity index (χ4n) is 2.01. The lowest BCUT2D eigenvalue weighted by Crippen LogP contribution is -2.33. The third-order valence-electron chi connectivity index (χ3n) is 3.07. The number of halogens is 1. The summed E-state index contributed by atoms with van der Waals surface area (Å²) in [6.07, 6.45) is 1.52. The molecule has 2 aromatic carbocycles. The third-order valence-corrected chi connectivity index (χ3v) is 3.07. The first-order valence-corrected chi connectivity index (χ1v) is 6.44. The van der Waals surface area contributed by atoms with E-state index in [2.05, 4.69) is 15.7 Å². The Morgan fingerprint density at radius 1 is 1.14 bits per heavy atom. The molecule has 3 rings (SSSR count). The summed E-state index contributed by atoms with van der Waals surface area (Å²) in [5.74, 6) is -0.342. The molecule has 0 radical (unpaired) electrons. The van der Waals surface area contributed by atoms with Crippen LogP contribution in [0.5, 0.6) is 0 Å². The number of nitrogens with zero attached hydrogens (tertiary/aromatic N) is 2. The molecule has 1 heterocycles. The van der Waals surface area contributed by atoms with E-state index < -0.39 is 6.03 Å². The normalized spacial score (nSPS) is 10.5. The van der Waals surface area contributed by atoms with Crippen molar-refractivity contribution in [1.82, 2.24) is 15.0 Å². The molecule has 106 valence electrons. The second-order valence-corrected chi connectivity index (χ2v) is 4.49. The van der Waals surface area contributed by atoms with Gasteiger partial charge in [0.05, 0.1) is 11.0 Å². The highest BCUT2D eigenvalue weighted by Gasteiger charge is 2.06. The van der Waals surface area contributed by atoms with Crippen molar-refractivity contribution in [3.63, 3.8) is 0 Å². The molecule has 3 aromatic rings. The lowest BCUT2D eigenvalue weighted by atomic mass is 10.2. The highest BCUT2D eigenvalue weighted by molar-refractivity contribution is 5.85. The van der Waals surface area contributed by atoms with Crippen LogP contribution < -0.4 is 10.7 Å². The Morgan fingerprint density at radius 2 is 1.90 bits per heavy atom. The predicted octanol–water partition coefficient (Wildman–Crippen LogP) is 2.63. The molecule has 0 atom stereocenters. The largest absolute Gasteiger partial charge is 0.334 e. The van der Waals surface area contributed by atoms with Gasteiger partial charge in [-0.2, -0.15) is 0 Å². The van der Waals surface area contributed by atoms with Gasteiger partial charge in [-0.1, -0.05) is 30.3 Å². The molecule has 2 amide bonds. The van der Waals surface area contributed by atoms with Gasteiger partial charge in [-0.15, -0.1) is 0 Å². The highest BCUT2D eigenvalue weighted by Crippen LogP contribution is 2.10. The van der Waals surface area contributed by atoms with Gasteiger partial charge in [0.1, 0.15) is 12.1 Å². The van der Waals surface area contributed by atoms with Crippen LogP contribution in [0.4, 0.5) is 9.18 Å². The summed E-state index contributed by atoms with van der Waals surface area (Å²) in [6, 6.07) is 13.3. The molecule has 1 aromatic heterocycles. The molecule has 0 fully saturated rings. The van der Waals surface area contributed by atoms with Crippen molar-refractivity contribution in [1.29, 1.82) is 0 Å². The SMILES string of the molecule is O=C(NCc1ccccc1F)Nn1cnc2ccccc21. The van der Waals surface area contributed by atoms with E-state index in [-0.39, 0.29) is 12.4 Å². The molecule has 21 heavy (non-hydrogen) atoms. The number of hydrogen-bond acceptors (Lipinski definition) is 2. The number of urea groups is 1. The smallest absolute Gasteiger partial charge is 0.333 e. The maximum atomic E-state index is 13.4. The van der Waals surface area contributed by atoms with Crippen molar-refractivity contribution in [3.05, 3.63) is 66.2 Å². The Balaban J connectivity index is 1.66. The van der Waals surface area contributed by atoms with E-state index >= 15 is 0 Å². The Kier molecular flexibility index (Phi) is 3.51.